The van der Waals surface area contributed by atoms with Gasteiger partial charge in [-0.05, 0) is 32.1 Å². The van der Waals surface area contributed by atoms with Crippen molar-refractivity contribution in [3.05, 3.63) is 60.8 Å². The van der Waals surface area contributed by atoms with Crippen LogP contribution in [0, 0.1) is 0 Å². The molecule has 164 valence electrons. The maximum Gasteiger partial charge on any atom is 0.244 e. The average Bonchev–Trinajstić information content (AvgIpc) is 2.73. The molecule has 0 rings (SSSR count). The second-order valence-corrected chi connectivity index (χ2v) is 7.50. The van der Waals surface area contributed by atoms with E-state index in [1.807, 2.05) is 25.2 Å². The molecule has 0 aliphatic rings. The average molecular weight is 402 g/mol. The molecule has 0 heterocycles. The smallest absolute Gasteiger partial charge is 0.244 e. The highest BCUT2D eigenvalue weighted by Gasteiger charge is 2.24. The van der Waals surface area contributed by atoms with Gasteiger partial charge in [-0.2, -0.15) is 0 Å². The molecule has 3 nitrogen and oxygen atoms in total. The van der Waals surface area contributed by atoms with Gasteiger partial charge in [-0.1, -0.05) is 108 Å². The molecular weight excluding hydrogens is 358 g/mol. The predicted molar refractivity (Wildman–Crippen MR) is 127 cm³/mol. The van der Waals surface area contributed by atoms with Crippen molar-refractivity contribution in [2.75, 3.05) is 6.54 Å². The standard InChI is InChI=1S/C26H43NO2/c1-4-7-9-11-12-13-14-15-16-17-18-19-20-22-25(28)27-24-26(29,6-3)23-21-10-8-5-2/h9,11-15,18-20,22,29H,4-8,10,16-17,21,23-24H2,1-3H3,(H,27,28). The normalized spacial score (nSPS) is 14.8. The van der Waals surface area contributed by atoms with Gasteiger partial charge in [-0.3, -0.25) is 4.79 Å². The number of rotatable bonds is 17. The van der Waals surface area contributed by atoms with Crippen LogP contribution in [0.2, 0.25) is 0 Å². The van der Waals surface area contributed by atoms with Crippen LogP contribution in [0.4, 0.5) is 0 Å². The molecule has 0 saturated carbocycles. The Morgan fingerprint density at radius 2 is 1.41 bits per heavy atom. The highest BCUT2D eigenvalue weighted by atomic mass is 16.3. The lowest BCUT2D eigenvalue weighted by Gasteiger charge is -2.26. The minimum Gasteiger partial charge on any atom is -0.388 e. The van der Waals surface area contributed by atoms with Crippen LogP contribution in [0.1, 0.15) is 85.0 Å². The van der Waals surface area contributed by atoms with E-state index in [1.165, 1.54) is 25.3 Å². The number of unbranched alkanes of at least 4 members (excludes halogenated alkanes) is 5. The van der Waals surface area contributed by atoms with E-state index >= 15 is 0 Å². The quantitative estimate of drug-likeness (QED) is 0.164. The molecular formula is C26H43NO2. The number of allylic oxidation sites excluding steroid dienone is 9. The largest absolute Gasteiger partial charge is 0.388 e. The molecule has 0 saturated heterocycles. The van der Waals surface area contributed by atoms with E-state index in [-0.39, 0.29) is 5.91 Å². The van der Waals surface area contributed by atoms with Gasteiger partial charge in [0, 0.05) is 12.6 Å². The summed E-state index contributed by atoms with van der Waals surface area (Å²) < 4.78 is 0. The van der Waals surface area contributed by atoms with E-state index < -0.39 is 5.60 Å². The number of carbonyl (C=O) groups excluding carboxylic acids is 1. The Morgan fingerprint density at radius 1 is 0.793 bits per heavy atom. The zero-order chi connectivity index (χ0) is 21.6. The Kier molecular flexibility index (Phi) is 18.2. The molecule has 1 amide bonds. The summed E-state index contributed by atoms with van der Waals surface area (Å²) in [5.41, 5.74) is -0.792. The molecule has 3 heteroatoms. The van der Waals surface area contributed by atoms with Gasteiger partial charge in [0.2, 0.25) is 5.91 Å². The fraction of sp³-hybridized carbons (Fsp3) is 0.577. The lowest BCUT2D eigenvalue weighted by molar-refractivity contribution is -0.117. The van der Waals surface area contributed by atoms with Gasteiger partial charge < -0.3 is 10.4 Å². The number of carbonyl (C=O) groups is 1. The van der Waals surface area contributed by atoms with Gasteiger partial charge in [0.1, 0.15) is 0 Å². The van der Waals surface area contributed by atoms with E-state index in [0.29, 0.717) is 13.0 Å². The van der Waals surface area contributed by atoms with Crippen molar-refractivity contribution in [2.24, 2.45) is 0 Å². The van der Waals surface area contributed by atoms with Gasteiger partial charge >= 0.3 is 0 Å². The molecule has 0 bridgehead atoms. The second kappa shape index (κ2) is 19.4. The maximum absolute atomic E-state index is 11.9. The van der Waals surface area contributed by atoms with Crippen LogP contribution in [-0.4, -0.2) is 23.2 Å². The first-order valence-electron chi connectivity index (χ1n) is 11.4. The van der Waals surface area contributed by atoms with E-state index in [9.17, 15) is 9.90 Å². The van der Waals surface area contributed by atoms with Crippen molar-refractivity contribution in [3.63, 3.8) is 0 Å². The third-order valence-corrected chi connectivity index (χ3v) is 4.80. The zero-order valence-electron chi connectivity index (χ0n) is 18.9. The van der Waals surface area contributed by atoms with Crippen molar-refractivity contribution in [1.29, 1.82) is 0 Å². The summed E-state index contributed by atoms with van der Waals surface area (Å²) in [6, 6.07) is 0. The first-order chi connectivity index (χ1) is 14.1. The minimum atomic E-state index is -0.792. The Labute approximate surface area is 179 Å². The first-order valence-corrected chi connectivity index (χ1v) is 11.4. The topological polar surface area (TPSA) is 49.3 Å². The predicted octanol–water partition coefficient (Wildman–Crippen LogP) is 6.58. The molecule has 0 radical (unpaired) electrons. The van der Waals surface area contributed by atoms with Gasteiger partial charge in [0.05, 0.1) is 5.60 Å². The van der Waals surface area contributed by atoms with Crippen LogP contribution in [0.25, 0.3) is 0 Å². The van der Waals surface area contributed by atoms with Crippen LogP contribution < -0.4 is 5.32 Å². The summed E-state index contributed by atoms with van der Waals surface area (Å²) in [5.74, 6) is -0.156. The van der Waals surface area contributed by atoms with Crippen LogP contribution in [0.5, 0.6) is 0 Å². The molecule has 1 atom stereocenters. The SMILES string of the molecule is CCCC=CC=CC=CCCC=CC=CC(=O)NCC(O)(CC)CCCCCC. The third-order valence-electron chi connectivity index (χ3n) is 4.80. The van der Waals surface area contributed by atoms with Crippen LogP contribution >= 0.6 is 0 Å². The zero-order valence-corrected chi connectivity index (χ0v) is 18.9. The molecule has 0 aliphatic carbocycles. The summed E-state index contributed by atoms with van der Waals surface area (Å²) in [7, 11) is 0. The third kappa shape index (κ3) is 17.9. The lowest BCUT2D eigenvalue weighted by atomic mass is 9.93. The van der Waals surface area contributed by atoms with Gasteiger partial charge in [-0.25, -0.2) is 0 Å². The second-order valence-electron chi connectivity index (χ2n) is 7.50. The number of nitrogens with one attached hydrogen (secondary N) is 1. The lowest BCUT2D eigenvalue weighted by Crippen LogP contribution is -2.42. The molecule has 29 heavy (non-hydrogen) atoms. The maximum atomic E-state index is 11.9. The fourth-order valence-electron chi connectivity index (χ4n) is 2.74. The van der Waals surface area contributed by atoms with Crippen LogP contribution in [0.3, 0.4) is 0 Å². The highest BCUT2D eigenvalue weighted by Crippen LogP contribution is 2.18. The van der Waals surface area contributed by atoms with Crippen molar-refractivity contribution in [2.45, 2.75) is 90.6 Å². The minimum absolute atomic E-state index is 0.156. The van der Waals surface area contributed by atoms with Crippen LogP contribution in [-0.2, 0) is 4.79 Å². The summed E-state index contributed by atoms with van der Waals surface area (Å²) in [6.07, 6.45) is 29.9. The van der Waals surface area contributed by atoms with E-state index in [2.05, 4.69) is 49.5 Å². The molecule has 0 aromatic rings. The van der Waals surface area contributed by atoms with Crippen molar-refractivity contribution < 1.29 is 9.90 Å². The fourth-order valence-corrected chi connectivity index (χ4v) is 2.74. The van der Waals surface area contributed by atoms with Gasteiger partial charge in [-0.15, -0.1) is 0 Å². The van der Waals surface area contributed by atoms with Gasteiger partial charge in [0.15, 0.2) is 0 Å². The molecule has 1 unspecified atom stereocenters. The molecule has 0 aliphatic heterocycles. The molecule has 0 aromatic carbocycles. The Balaban J connectivity index is 3.98. The highest BCUT2D eigenvalue weighted by molar-refractivity contribution is 5.87. The molecule has 0 aromatic heterocycles. The number of aliphatic hydroxyl groups is 1. The van der Waals surface area contributed by atoms with Crippen molar-refractivity contribution in [3.8, 4) is 0 Å². The summed E-state index contributed by atoms with van der Waals surface area (Å²) in [6.45, 7) is 6.63. The number of amides is 1. The van der Waals surface area contributed by atoms with Crippen LogP contribution in [0.15, 0.2) is 60.8 Å². The molecule has 2 N–H and O–H groups in total. The van der Waals surface area contributed by atoms with E-state index in [4.69, 9.17) is 0 Å². The van der Waals surface area contributed by atoms with Gasteiger partial charge in [0.25, 0.3) is 0 Å². The summed E-state index contributed by atoms with van der Waals surface area (Å²) >= 11 is 0. The first kappa shape index (κ1) is 27.1. The monoisotopic (exact) mass is 401 g/mol. The Bertz CT molecular complexity index is 543. The Hall–Kier alpha value is -1.87. The Morgan fingerprint density at radius 3 is 2.00 bits per heavy atom. The molecule has 0 fully saturated rings. The number of hydrogen-bond acceptors (Lipinski definition) is 2. The van der Waals surface area contributed by atoms with E-state index in [1.54, 1.807) is 6.08 Å². The number of hydrogen-bond donors (Lipinski definition) is 2. The van der Waals surface area contributed by atoms with Crippen molar-refractivity contribution >= 4 is 5.91 Å². The van der Waals surface area contributed by atoms with Crippen molar-refractivity contribution in [1.82, 2.24) is 5.32 Å². The van der Waals surface area contributed by atoms with E-state index in [0.717, 1.165) is 38.5 Å². The summed E-state index contributed by atoms with van der Waals surface area (Å²) in [4.78, 5) is 11.9. The summed E-state index contributed by atoms with van der Waals surface area (Å²) in [5, 5.41) is 13.4. The molecule has 0 spiro atoms.